The number of H-pyrrole nitrogens is 1. The Labute approximate surface area is 186 Å². The van der Waals surface area contributed by atoms with Crippen LogP contribution in [0.2, 0.25) is 0 Å². The fourth-order valence-corrected chi connectivity index (χ4v) is 4.55. The second-order valence-corrected chi connectivity index (χ2v) is 8.37. The molecule has 2 aromatic heterocycles. The minimum absolute atomic E-state index is 0.157. The van der Waals surface area contributed by atoms with Gasteiger partial charge in [-0.3, -0.25) is 10.4 Å². The van der Waals surface area contributed by atoms with E-state index in [0.717, 1.165) is 48.2 Å². The van der Waals surface area contributed by atoms with Crippen molar-refractivity contribution in [1.29, 1.82) is 0 Å². The third-order valence-electron chi connectivity index (χ3n) is 6.13. The van der Waals surface area contributed by atoms with E-state index >= 15 is 0 Å². The van der Waals surface area contributed by atoms with Crippen molar-refractivity contribution in [2.45, 2.75) is 37.5 Å². The van der Waals surface area contributed by atoms with Gasteiger partial charge < -0.3 is 19.7 Å². The number of pyridine rings is 1. The highest BCUT2D eigenvalue weighted by Crippen LogP contribution is 2.32. The molecule has 2 amide bonds. The van der Waals surface area contributed by atoms with Crippen molar-refractivity contribution < 1.29 is 14.3 Å². The fourth-order valence-electron chi connectivity index (χ4n) is 4.55. The summed E-state index contributed by atoms with van der Waals surface area (Å²) in [6.07, 6.45) is 5.23. The number of methoxy groups -OCH3 is 1. The van der Waals surface area contributed by atoms with Crippen LogP contribution in [0.5, 0.6) is 0 Å². The molecule has 3 atom stereocenters. The number of nitrogens with zero attached hydrogens (tertiary/aromatic N) is 3. The van der Waals surface area contributed by atoms with Crippen LogP contribution in [-0.4, -0.2) is 60.2 Å². The number of anilines is 2. The van der Waals surface area contributed by atoms with Gasteiger partial charge in [-0.2, -0.15) is 5.10 Å². The van der Waals surface area contributed by atoms with E-state index in [1.807, 2.05) is 36.4 Å². The van der Waals surface area contributed by atoms with E-state index in [4.69, 9.17) is 9.47 Å². The van der Waals surface area contributed by atoms with E-state index in [1.54, 1.807) is 13.3 Å². The summed E-state index contributed by atoms with van der Waals surface area (Å²) < 4.78 is 11.1. The average molecular weight is 437 g/mol. The van der Waals surface area contributed by atoms with Crippen molar-refractivity contribution in [3.05, 3.63) is 48.2 Å². The van der Waals surface area contributed by atoms with E-state index in [9.17, 15) is 4.79 Å². The van der Waals surface area contributed by atoms with E-state index in [-0.39, 0.29) is 24.3 Å². The van der Waals surface area contributed by atoms with Crippen LogP contribution in [0.15, 0.2) is 42.6 Å². The topological polar surface area (TPSA) is 104 Å². The number of hydrogen-bond acceptors (Lipinski definition) is 6. The van der Waals surface area contributed by atoms with Gasteiger partial charge in [0.05, 0.1) is 29.2 Å². The van der Waals surface area contributed by atoms with Crippen LogP contribution >= 0.6 is 0 Å². The molecular weight excluding hydrogens is 408 g/mol. The van der Waals surface area contributed by atoms with Gasteiger partial charge in [0.15, 0.2) is 5.82 Å². The van der Waals surface area contributed by atoms with Crippen molar-refractivity contribution in [1.82, 2.24) is 20.5 Å². The molecule has 0 aliphatic carbocycles. The number of ether oxygens (including phenoxy) is 2. The molecule has 3 aromatic rings. The second kappa shape index (κ2) is 9.13. The number of rotatable bonds is 7. The lowest BCUT2D eigenvalue weighted by Gasteiger charge is -2.32. The molecule has 4 heterocycles. The lowest BCUT2D eigenvalue weighted by atomic mass is 10.0. The molecule has 1 aromatic carbocycles. The van der Waals surface area contributed by atoms with Gasteiger partial charge in [0.2, 0.25) is 0 Å². The van der Waals surface area contributed by atoms with Crippen molar-refractivity contribution in [3.63, 3.8) is 0 Å². The number of benzene rings is 1. The zero-order chi connectivity index (χ0) is 21.9. The van der Waals surface area contributed by atoms with Gasteiger partial charge in [-0.1, -0.05) is 30.3 Å². The summed E-state index contributed by atoms with van der Waals surface area (Å²) in [5.41, 5.74) is 1.86. The van der Waals surface area contributed by atoms with Crippen molar-refractivity contribution >= 4 is 28.6 Å². The number of nitrogens with one attached hydrogen (secondary N) is 3. The van der Waals surface area contributed by atoms with Crippen LogP contribution in [0, 0.1) is 0 Å². The van der Waals surface area contributed by atoms with Crippen molar-refractivity contribution in [2.75, 3.05) is 37.0 Å². The van der Waals surface area contributed by atoms with Crippen LogP contribution < -0.4 is 15.5 Å². The van der Waals surface area contributed by atoms with E-state index in [1.165, 1.54) is 0 Å². The maximum atomic E-state index is 12.7. The Morgan fingerprint density at radius 3 is 2.81 bits per heavy atom. The Bertz CT molecular complexity index is 1060. The van der Waals surface area contributed by atoms with Crippen LogP contribution in [0.3, 0.4) is 0 Å². The summed E-state index contributed by atoms with van der Waals surface area (Å²) in [5.74, 6) is 1.36. The molecule has 2 saturated heterocycles. The molecule has 0 radical (unpaired) electrons. The average Bonchev–Trinajstić information content (AvgIpc) is 3.39. The summed E-state index contributed by atoms with van der Waals surface area (Å²) in [6, 6.07) is 11.2. The molecule has 9 nitrogen and oxygen atoms in total. The van der Waals surface area contributed by atoms with E-state index in [0.29, 0.717) is 18.8 Å². The number of aromatic nitrogens is 3. The van der Waals surface area contributed by atoms with Crippen LogP contribution in [0.25, 0.3) is 10.9 Å². The Morgan fingerprint density at radius 1 is 1.28 bits per heavy atom. The Kier molecular flexibility index (Phi) is 5.91. The second-order valence-electron chi connectivity index (χ2n) is 8.37. The number of aromatic amines is 1. The lowest BCUT2D eigenvalue weighted by Crippen LogP contribution is -2.42. The van der Waals surface area contributed by atoms with Gasteiger partial charge in [-0.15, -0.1) is 0 Å². The summed E-state index contributed by atoms with van der Waals surface area (Å²) in [7, 11) is 1.65. The maximum Gasteiger partial charge on any atom is 0.320 e. The number of fused-ring (bicyclic) bond motifs is 3. The first-order valence-electron chi connectivity index (χ1n) is 11.1. The highest BCUT2D eigenvalue weighted by atomic mass is 16.5. The van der Waals surface area contributed by atoms with Crippen molar-refractivity contribution in [2.24, 2.45) is 0 Å². The van der Waals surface area contributed by atoms with E-state index < -0.39 is 0 Å². The molecule has 0 saturated carbocycles. The zero-order valence-electron chi connectivity index (χ0n) is 18.1. The molecule has 32 heavy (non-hydrogen) atoms. The number of urea groups is 1. The lowest BCUT2D eigenvalue weighted by molar-refractivity contribution is 0.0303. The Morgan fingerprint density at radius 2 is 2.06 bits per heavy atom. The standard InChI is InChI=1S/C23H28N6O3/c1-31-10-9-19(15-5-3-2-4-6-15)25-23(30)26-21-11-20-18(12-24-21)22(28-27-20)29-13-16-7-8-17(14-29)32-16/h2-6,11-12,16-17,19H,7-10,13-14H2,1H3,(H,27,28)(H2,24,25,26,30). The van der Waals surface area contributed by atoms with E-state index in [2.05, 4.69) is 30.7 Å². The molecule has 3 unspecified atom stereocenters. The predicted molar refractivity (Wildman–Crippen MR) is 122 cm³/mol. The molecule has 9 heteroatoms. The largest absolute Gasteiger partial charge is 0.385 e. The Balaban J connectivity index is 1.27. The van der Waals surface area contributed by atoms with Crippen LogP contribution in [0.4, 0.5) is 16.4 Å². The number of carbonyl (C=O) groups is 1. The summed E-state index contributed by atoms with van der Waals surface area (Å²) in [5, 5.41) is 14.4. The van der Waals surface area contributed by atoms with Crippen LogP contribution in [0.1, 0.15) is 30.9 Å². The third-order valence-corrected chi connectivity index (χ3v) is 6.13. The molecule has 168 valence electrons. The first-order valence-corrected chi connectivity index (χ1v) is 11.1. The van der Waals surface area contributed by atoms with Gasteiger partial charge in [-0.25, -0.2) is 9.78 Å². The summed E-state index contributed by atoms with van der Waals surface area (Å²) in [6.45, 7) is 2.24. The Hall–Kier alpha value is -3.17. The monoisotopic (exact) mass is 436 g/mol. The van der Waals surface area contributed by atoms with Gasteiger partial charge in [0, 0.05) is 39.1 Å². The first-order chi connectivity index (χ1) is 15.7. The molecule has 5 rings (SSSR count). The van der Waals surface area contributed by atoms with Crippen molar-refractivity contribution in [3.8, 4) is 0 Å². The fraction of sp³-hybridized carbons (Fsp3) is 0.435. The molecular formula is C23H28N6O3. The minimum Gasteiger partial charge on any atom is -0.385 e. The third kappa shape index (κ3) is 4.39. The molecule has 3 N–H and O–H groups in total. The minimum atomic E-state index is -0.314. The zero-order valence-corrected chi connectivity index (χ0v) is 18.1. The quantitative estimate of drug-likeness (QED) is 0.525. The molecule has 2 aliphatic rings. The smallest absolute Gasteiger partial charge is 0.320 e. The molecule has 2 aliphatic heterocycles. The van der Waals surface area contributed by atoms with Gasteiger partial charge in [-0.05, 0) is 24.8 Å². The number of morpholine rings is 1. The molecule has 2 bridgehead atoms. The van der Waals surface area contributed by atoms with Crippen LogP contribution in [-0.2, 0) is 9.47 Å². The van der Waals surface area contributed by atoms with Gasteiger partial charge in [0.1, 0.15) is 5.82 Å². The summed E-state index contributed by atoms with van der Waals surface area (Å²) >= 11 is 0. The summed E-state index contributed by atoms with van der Waals surface area (Å²) in [4.78, 5) is 19.4. The highest BCUT2D eigenvalue weighted by Gasteiger charge is 2.35. The van der Waals surface area contributed by atoms with Gasteiger partial charge >= 0.3 is 6.03 Å². The normalized spacial score (nSPS) is 21.0. The SMILES string of the molecule is COCCC(NC(=O)Nc1cc2[nH]nc(N3CC4CCC(C3)O4)c2cn1)c1ccccc1. The first kappa shape index (κ1) is 20.7. The number of carbonyl (C=O) groups excluding carboxylic acids is 1. The maximum absolute atomic E-state index is 12.7. The van der Waals surface area contributed by atoms with Gasteiger partial charge in [0.25, 0.3) is 0 Å². The highest BCUT2D eigenvalue weighted by molar-refractivity contribution is 5.94. The number of amides is 2. The molecule has 0 spiro atoms. The molecule has 2 fully saturated rings. The number of hydrogen-bond donors (Lipinski definition) is 3. The predicted octanol–water partition coefficient (Wildman–Crippen LogP) is 3.22.